The Labute approximate surface area is 141 Å². The zero-order valence-corrected chi connectivity index (χ0v) is 13.7. The van der Waals surface area contributed by atoms with Gasteiger partial charge in [0.15, 0.2) is 0 Å². The zero-order chi connectivity index (χ0) is 16.8. The number of ether oxygens (including phenoxy) is 1. The number of nitrogens with one attached hydrogen (secondary N) is 2. The number of nitrogens with zero attached hydrogens (tertiary/aromatic N) is 2. The van der Waals surface area contributed by atoms with Crippen LogP contribution in [0.4, 0.5) is 10.5 Å². The maximum Gasteiger partial charge on any atom is 0.317 e. The van der Waals surface area contributed by atoms with E-state index in [1.807, 2.05) is 41.3 Å². The molecule has 1 atom stereocenters. The van der Waals surface area contributed by atoms with Gasteiger partial charge >= 0.3 is 6.03 Å². The number of rotatable bonds is 5. The van der Waals surface area contributed by atoms with E-state index in [-0.39, 0.29) is 12.1 Å². The van der Waals surface area contributed by atoms with Crippen LogP contribution in [-0.2, 0) is 6.54 Å². The van der Waals surface area contributed by atoms with Gasteiger partial charge in [-0.25, -0.2) is 4.79 Å². The number of benzene rings is 1. The van der Waals surface area contributed by atoms with Crippen molar-refractivity contribution in [1.82, 2.24) is 15.2 Å². The number of urea groups is 1. The van der Waals surface area contributed by atoms with Crippen molar-refractivity contribution in [1.29, 1.82) is 0 Å². The van der Waals surface area contributed by atoms with Gasteiger partial charge in [0.2, 0.25) is 0 Å². The van der Waals surface area contributed by atoms with Gasteiger partial charge in [-0.05, 0) is 36.2 Å². The minimum atomic E-state index is -0.0266. The topological polar surface area (TPSA) is 66.5 Å². The Balaban J connectivity index is 1.45. The van der Waals surface area contributed by atoms with E-state index in [1.165, 1.54) is 0 Å². The molecule has 2 aromatic rings. The summed E-state index contributed by atoms with van der Waals surface area (Å²) < 4.78 is 5.13. The number of aromatic nitrogens is 1. The molecule has 0 saturated carbocycles. The van der Waals surface area contributed by atoms with Gasteiger partial charge in [-0.2, -0.15) is 0 Å². The van der Waals surface area contributed by atoms with E-state index in [9.17, 15) is 4.79 Å². The quantitative estimate of drug-likeness (QED) is 0.886. The lowest BCUT2D eigenvalue weighted by atomic mass is 10.2. The van der Waals surface area contributed by atoms with Gasteiger partial charge in [0.25, 0.3) is 0 Å². The van der Waals surface area contributed by atoms with Crippen molar-refractivity contribution < 1.29 is 9.53 Å². The van der Waals surface area contributed by atoms with Crippen molar-refractivity contribution in [2.45, 2.75) is 19.0 Å². The van der Waals surface area contributed by atoms with Crippen LogP contribution in [0.15, 0.2) is 48.8 Å². The molecule has 1 saturated heterocycles. The SMILES string of the molecule is COc1ccc(CNC(=O)N2CC[C@H](Nc3cccnc3)C2)cc1. The maximum atomic E-state index is 12.3. The molecule has 0 bridgehead atoms. The molecule has 1 aromatic heterocycles. The smallest absolute Gasteiger partial charge is 0.317 e. The minimum Gasteiger partial charge on any atom is -0.497 e. The highest BCUT2D eigenvalue weighted by Crippen LogP contribution is 2.15. The van der Waals surface area contributed by atoms with Crippen LogP contribution in [0.25, 0.3) is 0 Å². The van der Waals surface area contributed by atoms with Gasteiger partial charge < -0.3 is 20.3 Å². The average molecular weight is 326 g/mol. The van der Waals surface area contributed by atoms with E-state index in [2.05, 4.69) is 15.6 Å². The lowest BCUT2D eigenvalue weighted by Crippen LogP contribution is -2.39. The molecule has 3 rings (SSSR count). The van der Waals surface area contributed by atoms with Crippen LogP contribution < -0.4 is 15.4 Å². The molecule has 1 fully saturated rings. The first-order valence-corrected chi connectivity index (χ1v) is 8.07. The fourth-order valence-electron chi connectivity index (χ4n) is 2.78. The van der Waals surface area contributed by atoms with Crippen LogP contribution >= 0.6 is 0 Å². The average Bonchev–Trinajstić information content (AvgIpc) is 3.09. The molecule has 2 heterocycles. The van der Waals surface area contributed by atoms with Gasteiger partial charge in [-0.3, -0.25) is 4.98 Å². The summed E-state index contributed by atoms with van der Waals surface area (Å²) in [6.07, 6.45) is 4.48. The summed E-state index contributed by atoms with van der Waals surface area (Å²) in [6.45, 7) is 1.97. The van der Waals surface area contributed by atoms with E-state index in [0.29, 0.717) is 13.1 Å². The third kappa shape index (κ3) is 4.16. The molecular weight excluding hydrogens is 304 g/mol. The van der Waals surface area contributed by atoms with Crippen LogP contribution in [0, 0.1) is 0 Å². The van der Waals surface area contributed by atoms with Gasteiger partial charge in [0, 0.05) is 38.1 Å². The molecule has 6 heteroatoms. The molecule has 1 aromatic carbocycles. The number of anilines is 1. The molecule has 0 radical (unpaired) electrons. The van der Waals surface area contributed by atoms with Gasteiger partial charge in [0.1, 0.15) is 5.75 Å². The third-order valence-corrected chi connectivity index (χ3v) is 4.11. The molecule has 0 unspecified atom stereocenters. The molecule has 2 N–H and O–H groups in total. The lowest BCUT2D eigenvalue weighted by molar-refractivity contribution is 0.208. The van der Waals surface area contributed by atoms with Crippen molar-refractivity contribution >= 4 is 11.7 Å². The molecular formula is C18H22N4O2. The Morgan fingerprint density at radius 1 is 1.33 bits per heavy atom. The number of amides is 2. The Hall–Kier alpha value is -2.76. The van der Waals surface area contributed by atoms with E-state index in [1.54, 1.807) is 19.5 Å². The highest BCUT2D eigenvalue weighted by molar-refractivity contribution is 5.74. The van der Waals surface area contributed by atoms with Crippen molar-refractivity contribution in [2.24, 2.45) is 0 Å². The summed E-state index contributed by atoms with van der Waals surface area (Å²) in [6, 6.07) is 11.8. The second kappa shape index (κ2) is 7.68. The summed E-state index contributed by atoms with van der Waals surface area (Å²) in [4.78, 5) is 18.2. The molecule has 24 heavy (non-hydrogen) atoms. The standard InChI is InChI=1S/C18H22N4O2/c1-24-17-6-4-14(5-7-17)11-20-18(23)22-10-8-16(13-22)21-15-3-2-9-19-12-15/h2-7,9,12,16,21H,8,10-11,13H2,1H3,(H,20,23)/t16-/m0/s1. The molecule has 6 nitrogen and oxygen atoms in total. The molecule has 2 amide bonds. The number of methoxy groups -OCH3 is 1. The Bertz CT molecular complexity index is 660. The first-order chi connectivity index (χ1) is 11.7. The zero-order valence-electron chi connectivity index (χ0n) is 13.7. The molecule has 126 valence electrons. The fraction of sp³-hybridized carbons (Fsp3) is 0.333. The Morgan fingerprint density at radius 3 is 2.88 bits per heavy atom. The second-order valence-corrected chi connectivity index (χ2v) is 5.82. The van der Waals surface area contributed by atoms with Crippen LogP contribution in [0.3, 0.4) is 0 Å². The van der Waals surface area contributed by atoms with Crippen LogP contribution in [-0.4, -0.2) is 42.2 Å². The van der Waals surface area contributed by atoms with Crippen LogP contribution in [0.1, 0.15) is 12.0 Å². The summed E-state index contributed by atoms with van der Waals surface area (Å²) in [7, 11) is 1.64. The predicted octanol–water partition coefficient (Wildman–Crippen LogP) is 2.49. The molecule has 0 aliphatic carbocycles. The van der Waals surface area contributed by atoms with Gasteiger partial charge in [-0.1, -0.05) is 12.1 Å². The fourth-order valence-corrected chi connectivity index (χ4v) is 2.78. The normalized spacial score (nSPS) is 16.7. The number of carbonyl (C=O) groups excluding carboxylic acids is 1. The van der Waals surface area contributed by atoms with Crippen LogP contribution in [0.2, 0.25) is 0 Å². The Kier molecular flexibility index (Phi) is 5.15. The van der Waals surface area contributed by atoms with E-state index < -0.39 is 0 Å². The first kappa shape index (κ1) is 16.1. The minimum absolute atomic E-state index is 0.0266. The lowest BCUT2D eigenvalue weighted by Gasteiger charge is -2.18. The highest BCUT2D eigenvalue weighted by Gasteiger charge is 2.25. The van der Waals surface area contributed by atoms with Gasteiger partial charge in [-0.15, -0.1) is 0 Å². The summed E-state index contributed by atoms with van der Waals surface area (Å²) in [5.41, 5.74) is 2.04. The number of likely N-dealkylation sites (tertiary alicyclic amines) is 1. The van der Waals surface area contributed by atoms with E-state index in [4.69, 9.17) is 4.74 Å². The largest absolute Gasteiger partial charge is 0.497 e. The van der Waals surface area contributed by atoms with Gasteiger partial charge in [0.05, 0.1) is 12.8 Å². The summed E-state index contributed by atoms with van der Waals surface area (Å²) in [5, 5.41) is 6.38. The third-order valence-electron chi connectivity index (χ3n) is 4.11. The summed E-state index contributed by atoms with van der Waals surface area (Å²) in [5.74, 6) is 0.814. The highest BCUT2D eigenvalue weighted by atomic mass is 16.5. The maximum absolute atomic E-state index is 12.3. The molecule has 0 spiro atoms. The number of hydrogen-bond acceptors (Lipinski definition) is 4. The van der Waals surface area contributed by atoms with Crippen molar-refractivity contribution in [3.8, 4) is 5.75 Å². The Morgan fingerprint density at radius 2 is 2.17 bits per heavy atom. The van der Waals surface area contributed by atoms with E-state index in [0.717, 1.165) is 30.0 Å². The summed E-state index contributed by atoms with van der Waals surface area (Å²) >= 11 is 0. The van der Waals surface area contributed by atoms with Crippen molar-refractivity contribution in [3.05, 3.63) is 54.4 Å². The monoisotopic (exact) mass is 326 g/mol. The molecule has 1 aliphatic heterocycles. The molecule has 1 aliphatic rings. The van der Waals surface area contributed by atoms with Crippen molar-refractivity contribution in [3.63, 3.8) is 0 Å². The first-order valence-electron chi connectivity index (χ1n) is 8.07. The number of carbonyl (C=O) groups is 1. The predicted molar refractivity (Wildman–Crippen MR) is 93.1 cm³/mol. The second-order valence-electron chi connectivity index (χ2n) is 5.82. The number of hydrogen-bond donors (Lipinski definition) is 2. The van der Waals surface area contributed by atoms with Crippen molar-refractivity contribution in [2.75, 3.05) is 25.5 Å². The van der Waals surface area contributed by atoms with E-state index >= 15 is 0 Å². The number of pyridine rings is 1. The van der Waals surface area contributed by atoms with Crippen LogP contribution in [0.5, 0.6) is 5.75 Å².